The van der Waals surface area contributed by atoms with Crippen LogP contribution in [0.25, 0.3) is 0 Å². The highest BCUT2D eigenvalue weighted by atomic mass is 35.5. The molecule has 0 bridgehead atoms. The van der Waals surface area contributed by atoms with Crippen molar-refractivity contribution in [3.63, 3.8) is 0 Å². The zero-order valence-electron chi connectivity index (χ0n) is 18.5. The fraction of sp³-hybridized carbons (Fsp3) is 0.727. The summed E-state index contributed by atoms with van der Waals surface area (Å²) < 4.78 is 0. The van der Waals surface area contributed by atoms with Gasteiger partial charge in [0.2, 0.25) is 0 Å². The molecule has 182 valence electrons. The third-order valence-electron chi connectivity index (χ3n) is 4.15. The Morgan fingerprint density at radius 2 is 0.733 bits per heavy atom. The van der Waals surface area contributed by atoms with Crippen LogP contribution in [0, 0.1) is 0 Å². The number of hydrogen-bond donors (Lipinski definition) is 4. The third kappa shape index (κ3) is 38.6. The third-order valence-corrected chi connectivity index (χ3v) is 4.15. The van der Waals surface area contributed by atoms with Gasteiger partial charge in [0.25, 0.3) is 0 Å². The minimum absolute atomic E-state index is 0. The molecule has 0 aromatic heterocycles. The minimum atomic E-state index is 0. The molecule has 0 unspecified atom stereocenters. The first kappa shape index (κ1) is 40.4. The second-order valence-electron chi connectivity index (χ2n) is 6.55. The van der Waals surface area contributed by atoms with Crippen LogP contribution in [-0.4, -0.2) is 52.4 Å². The Bertz CT molecular complexity index is 349. The molecule has 0 aromatic carbocycles. The average molecular weight is 508 g/mol. The van der Waals surface area contributed by atoms with Crippen molar-refractivity contribution in [2.45, 2.75) is 51.4 Å². The second-order valence-corrected chi connectivity index (χ2v) is 6.55. The Labute approximate surface area is 210 Å². The van der Waals surface area contributed by atoms with Crippen LogP contribution in [0.15, 0.2) is 36.8 Å². The fourth-order valence-electron chi connectivity index (χ4n) is 2.63. The normalized spacial score (nSPS) is 8.93. The molecule has 0 rings (SSSR count). The van der Waals surface area contributed by atoms with Gasteiger partial charge in [-0.1, -0.05) is 38.8 Å². The Hall–Kier alpha value is 0.0400. The smallest absolute Gasteiger partial charge is 0.0209 e. The second kappa shape index (κ2) is 39.5. The van der Waals surface area contributed by atoms with Crippen LogP contribution in [0.5, 0.6) is 0 Å². The minimum Gasteiger partial charge on any atom is -0.317 e. The maximum atomic E-state index is 3.54. The van der Waals surface area contributed by atoms with E-state index in [0.717, 1.165) is 52.4 Å². The molecular formula is C22H46Cl4N4. The maximum Gasteiger partial charge on any atom is 0.0209 e. The molecule has 4 nitrogen and oxygen atoms in total. The highest BCUT2D eigenvalue weighted by Gasteiger charge is 1.93. The number of unbranched alkanes of at least 4 members (excludes halogenated alkanes) is 5. The first-order chi connectivity index (χ1) is 12.9. The standard InChI is InChI=1S/C22H42N4.4ClH/c1-3-5-15-23-19-13-21-25-17-11-9-7-8-10-12-18-26-22-14-20-24-16-6-4-2;;;;/h5-6,23-26H,1-2,7-22H2;4*1H. The molecule has 0 saturated heterocycles. The van der Waals surface area contributed by atoms with E-state index in [0.29, 0.717) is 0 Å². The summed E-state index contributed by atoms with van der Waals surface area (Å²) in [5.74, 6) is 0. The van der Waals surface area contributed by atoms with Gasteiger partial charge in [0, 0.05) is 13.1 Å². The number of nitrogens with one attached hydrogen (secondary N) is 4. The van der Waals surface area contributed by atoms with Gasteiger partial charge in [0.15, 0.2) is 0 Å². The molecule has 0 aliphatic heterocycles. The molecule has 0 saturated carbocycles. The monoisotopic (exact) mass is 506 g/mol. The molecule has 4 N–H and O–H groups in total. The topological polar surface area (TPSA) is 48.1 Å². The van der Waals surface area contributed by atoms with Crippen LogP contribution in [0.4, 0.5) is 0 Å². The lowest BCUT2D eigenvalue weighted by Gasteiger charge is -2.06. The predicted molar refractivity (Wildman–Crippen MR) is 145 cm³/mol. The largest absolute Gasteiger partial charge is 0.317 e. The molecule has 0 radical (unpaired) electrons. The first-order valence-corrected chi connectivity index (χ1v) is 10.4. The Kier molecular flexibility index (Phi) is 53.2. The fourth-order valence-corrected chi connectivity index (χ4v) is 2.63. The molecule has 0 amide bonds. The summed E-state index contributed by atoms with van der Waals surface area (Å²) in [7, 11) is 0. The molecule has 0 spiro atoms. The molecule has 8 heteroatoms. The van der Waals surface area contributed by atoms with Crippen LogP contribution in [0.2, 0.25) is 0 Å². The van der Waals surface area contributed by atoms with Gasteiger partial charge < -0.3 is 21.3 Å². The SMILES string of the molecule is C=C=CCNCCCNCCCCCCCCNCCCNCC=C=C.Cl.Cl.Cl.Cl. The number of halogens is 4. The molecular weight excluding hydrogens is 462 g/mol. The van der Waals surface area contributed by atoms with Gasteiger partial charge in [-0.2, -0.15) is 0 Å². The van der Waals surface area contributed by atoms with E-state index >= 15 is 0 Å². The quantitative estimate of drug-likeness (QED) is 0.133. The lowest BCUT2D eigenvalue weighted by Crippen LogP contribution is -2.22. The van der Waals surface area contributed by atoms with E-state index in [2.05, 4.69) is 45.9 Å². The highest BCUT2D eigenvalue weighted by molar-refractivity contribution is 5.86. The Balaban J connectivity index is -0.000000521. The maximum absolute atomic E-state index is 3.54. The van der Waals surface area contributed by atoms with Crippen molar-refractivity contribution in [1.29, 1.82) is 0 Å². The predicted octanol–water partition coefficient (Wildman–Crippen LogP) is 4.84. The molecule has 0 atom stereocenters. The average Bonchev–Trinajstić information content (AvgIpc) is 2.66. The van der Waals surface area contributed by atoms with E-state index in [1.807, 2.05) is 12.2 Å². The van der Waals surface area contributed by atoms with Crippen molar-refractivity contribution in [3.8, 4) is 0 Å². The number of hydrogen-bond acceptors (Lipinski definition) is 4. The van der Waals surface area contributed by atoms with Gasteiger partial charge in [-0.25, -0.2) is 0 Å². The lowest BCUT2D eigenvalue weighted by atomic mass is 10.1. The Morgan fingerprint density at radius 1 is 0.433 bits per heavy atom. The molecule has 0 aliphatic carbocycles. The lowest BCUT2D eigenvalue weighted by molar-refractivity contribution is 0.538. The summed E-state index contributed by atoms with van der Waals surface area (Å²) in [5, 5.41) is 13.7. The summed E-state index contributed by atoms with van der Waals surface area (Å²) in [6, 6.07) is 0. The van der Waals surface area contributed by atoms with E-state index in [4.69, 9.17) is 0 Å². The Morgan fingerprint density at radius 3 is 1.10 bits per heavy atom. The van der Waals surface area contributed by atoms with Crippen LogP contribution in [0.1, 0.15) is 51.4 Å². The van der Waals surface area contributed by atoms with Gasteiger partial charge in [-0.05, 0) is 77.1 Å². The van der Waals surface area contributed by atoms with Crippen molar-refractivity contribution in [1.82, 2.24) is 21.3 Å². The summed E-state index contributed by atoms with van der Waals surface area (Å²) in [6.45, 7) is 15.5. The van der Waals surface area contributed by atoms with Crippen molar-refractivity contribution < 1.29 is 0 Å². The van der Waals surface area contributed by atoms with Crippen LogP contribution >= 0.6 is 49.6 Å². The van der Waals surface area contributed by atoms with Crippen molar-refractivity contribution in [2.75, 3.05) is 52.4 Å². The van der Waals surface area contributed by atoms with Gasteiger partial charge in [-0.3, -0.25) is 0 Å². The summed E-state index contributed by atoms with van der Waals surface area (Å²) >= 11 is 0. The molecule has 0 aliphatic rings. The van der Waals surface area contributed by atoms with Gasteiger partial charge >= 0.3 is 0 Å². The molecule has 0 aromatic rings. The van der Waals surface area contributed by atoms with E-state index < -0.39 is 0 Å². The van der Waals surface area contributed by atoms with E-state index in [-0.39, 0.29) is 49.6 Å². The molecule has 30 heavy (non-hydrogen) atoms. The summed E-state index contributed by atoms with van der Waals surface area (Å²) in [4.78, 5) is 0. The van der Waals surface area contributed by atoms with E-state index in [1.165, 1.54) is 51.4 Å². The first-order valence-electron chi connectivity index (χ1n) is 10.4. The zero-order chi connectivity index (χ0) is 19.0. The summed E-state index contributed by atoms with van der Waals surface area (Å²) in [6.07, 6.45) is 14.3. The van der Waals surface area contributed by atoms with Crippen molar-refractivity contribution in [2.24, 2.45) is 0 Å². The van der Waals surface area contributed by atoms with E-state index in [1.54, 1.807) is 0 Å². The number of rotatable bonds is 21. The van der Waals surface area contributed by atoms with Crippen molar-refractivity contribution in [3.05, 3.63) is 36.8 Å². The zero-order valence-corrected chi connectivity index (χ0v) is 21.8. The highest BCUT2D eigenvalue weighted by Crippen LogP contribution is 2.04. The van der Waals surface area contributed by atoms with Gasteiger partial charge in [-0.15, -0.1) is 61.1 Å². The molecule has 0 heterocycles. The van der Waals surface area contributed by atoms with Crippen LogP contribution in [0.3, 0.4) is 0 Å². The molecule has 0 fully saturated rings. The summed E-state index contributed by atoms with van der Waals surface area (Å²) in [5.41, 5.74) is 5.53. The van der Waals surface area contributed by atoms with Crippen molar-refractivity contribution >= 4 is 49.6 Å². The van der Waals surface area contributed by atoms with Crippen LogP contribution < -0.4 is 21.3 Å². The van der Waals surface area contributed by atoms with Crippen LogP contribution in [-0.2, 0) is 0 Å². The van der Waals surface area contributed by atoms with E-state index in [9.17, 15) is 0 Å². The van der Waals surface area contributed by atoms with Gasteiger partial charge in [0.05, 0.1) is 0 Å². The van der Waals surface area contributed by atoms with Gasteiger partial charge in [0.1, 0.15) is 0 Å².